The second kappa shape index (κ2) is 4.85. The van der Waals surface area contributed by atoms with Crippen LogP contribution in [0.5, 0.6) is 0 Å². The van der Waals surface area contributed by atoms with Crippen molar-refractivity contribution >= 4 is 17.8 Å². The lowest BCUT2D eigenvalue weighted by Gasteiger charge is -1.87. The quantitative estimate of drug-likeness (QED) is 0.403. The van der Waals surface area contributed by atoms with Crippen LogP contribution in [0.3, 0.4) is 0 Å². The molecular weight excluding hydrogens is 267 g/mol. The van der Waals surface area contributed by atoms with Gasteiger partial charge in [-0.15, -0.1) is 0 Å². The molecule has 0 spiro atoms. The molecule has 1 nitrogen and oxygen atoms in total. The van der Waals surface area contributed by atoms with E-state index in [1.165, 1.54) is 12.3 Å². The Morgan fingerprint density at radius 3 is 2.50 bits per heavy atom. The van der Waals surface area contributed by atoms with Crippen molar-refractivity contribution in [3.8, 4) is 0 Å². The summed E-state index contributed by atoms with van der Waals surface area (Å²) in [6.07, 6.45) is 6.45. The average molecular weight is 272 g/mol. The first-order chi connectivity index (χ1) is 4.30. The van der Waals surface area contributed by atoms with Crippen LogP contribution in [0.2, 0.25) is 0 Å². The normalized spacial score (nSPS) is 17.6. The van der Waals surface area contributed by atoms with Crippen molar-refractivity contribution in [1.82, 2.24) is 4.99 Å². The van der Waals surface area contributed by atoms with Gasteiger partial charge in [0.2, 0.25) is 6.21 Å². The third kappa shape index (κ3) is 2.79. The number of aliphatic imine (C=N–C) groups is 1. The van der Waals surface area contributed by atoms with Gasteiger partial charge in [0.1, 0.15) is 0 Å². The summed E-state index contributed by atoms with van der Waals surface area (Å²) in [7, 11) is 0. The highest BCUT2D eigenvalue weighted by Gasteiger charge is 2.18. The summed E-state index contributed by atoms with van der Waals surface area (Å²) in [5.74, 6) is 0. The van der Waals surface area contributed by atoms with Crippen LogP contribution >= 0.6 is 11.6 Å². The molecule has 1 atom stereocenters. The van der Waals surface area contributed by atoms with E-state index < -0.39 is 5.63 Å². The fourth-order valence-electron chi connectivity index (χ4n) is 0.505. The standard InChI is InChI=1S/C6H5ClFN.HI/c7-6(8)5-3-1-2-4-9-5;/h1-4,6H;1H/q+1;/p-1. The van der Waals surface area contributed by atoms with Crippen molar-refractivity contribution in [3.05, 3.63) is 23.9 Å². The molecule has 0 aromatic heterocycles. The van der Waals surface area contributed by atoms with Crippen molar-refractivity contribution in [2.75, 3.05) is 0 Å². The molecule has 0 saturated heterocycles. The van der Waals surface area contributed by atoms with Gasteiger partial charge in [-0.3, -0.25) is 0 Å². The zero-order chi connectivity index (χ0) is 6.69. The number of alkyl halides is 2. The van der Waals surface area contributed by atoms with Crippen LogP contribution in [-0.2, 0) is 0 Å². The molecule has 1 rings (SSSR count). The third-order valence-electron chi connectivity index (χ3n) is 0.911. The van der Waals surface area contributed by atoms with Gasteiger partial charge in [0.25, 0.3) is 5.63 Å². The first-order valence-corrected chi connectivity index (χ1v) is 2.93. The zero-order valence-corrected chi connectivity index (χ0v) is 7.88. The lowest BCUT2D eigenvalue weighted by molar-refractivity contribution is -0.00000232. The SMILES string of the molecule is FC(Cl)C1=CC=CC=[N+]1.[I-]. The van der Waals surface area contributed by atoms with E-state index in [9.17, 15) is 4.39 Å². The topological polar surface area (TPSA) is 14.1 Å². The minimum absolute atomic E-state index is 0. The van der Waals surface area contributed by atoms with Crippen LogP contribution in [0, 0.1) is 0 Å². The summed E-state index contributed by atoms with van der Waals surface area (Å²) in [4.78, 5) is 3.67. The molecule has 0 aromatic rings. The highest BCUT2D eigenvalue weighted by atomic mass is 127. The molecule has 0 saturated carbocycles. The van der Waals surface area contributed by atoms with Gasteiger partial charge < -0.3 is 24.0 Å². The Morgan fingerprint density at radius 1 is 1.50 bits per heavy atom. The van der Waals surface area contributed by atoms with Gasteiger partial charge in [0.05, 0.1) is 4.99 Å². The minimum atomic E-state index is -1.48. The smallest absolute Gasteiger partial charge is 0.303 e. The lowest BCUT2D eigenvalue weighted by Crippen LogP contribution is -3.00. The molecule has 1 radical (unpaired) electrons. The van der Waals surface area contributed by atoms with Gasteiger partial charge in [-0.05, 0) is 6.08 Å². The predicted molar refractivity (Wildman–Crippen MR) is 36.2 cm³/mol. The minimum Gasteiger partial charge on any atom is -1.00 e. The average Bonchev–Trinajstić information content (AvgIpc) is 1.90. The van der Waals surface area contributed by atoms with Gasteiger partial charge >= 0.3 is 5.70 Å². The number of allylic oxidation sites excluding steroid dienone is 4. The molecule has 1 aliphatic heterocycles. The second-order valence-corrected chi connectivity index (χ2v) is 1.94. The highest BCUT2D eigenvalue weighted by Crippen LogP contribution is 2.08. The van der Waals surface area contributed by atoms with Crippen LogP contribution in [0.1, 0.15) is 0 Å². The summed E-state index contributed by atoms with van der Waals surface area (Å²) < 4.78 is 12.1. The molecule has 55 valence electrons. The van der Waals surface area contributed by atoms with E-state index in [4.69, 9.17) is 11.6 Å². The number of hydrogen-bond acceptors (Lipinski definition) is 1. The van der Waals surface area contributed by atoms with E-state index in [1.54, 1.807) is 12.2 Å². The molecule has 1 aliphatic rings. The molecule has 1 unspecified atom stereocenters. The Balaban J connectivity index is 0.000000810. The van der Waals surface area contributed by atoms with Crippen LogP contribution in [0.4, 0.5) is 4.39 Å². The van der Waals surface area contributed by atoms with Crippen LogP contribution in [-0.4, -0.2) is 11.8 Å². The molecule has 0 aliphatic carbocycles. The van der Waals surface area contributed by atoms with Crippen molar-refractivity contribution in [2.45, 2.75) is 5.63 Å². The third-order valence-corrected chi connectivity index (χ3v) is 1.13. The molecule has 0 aromatic carbocycles. The molecule has 1 heterocycles. The van der Waals surface area contributed by atoms with Gasteiger partial charge in [0.15, 0.2) is 0 Å². The van der Waals surface area contributed by atoms with E-state index in [-0.39, 0.29) is 29.7 Å². The highest BCUT2D eigenvalue weighted by molar-refractivity contribution is 6.21. The van der Waals surface area contributed by atoms with Crippen LogP contribution in [0.25, 0.3) is 0 Å². The van der Waals surface area contributed by atoms with E-state index in [2.05, 4.69) is 4.99 Å². The number of halogens is 3. The monoisotopic (exact) mass is 272 g/mol. The predicted octanol–water partition coefficient (Wildman–Crippen LogP) is -1.61. The Morgan fingerprint density at radius 2 is 2.20 bits per heavy atom. The van der Waals surface area contributed by atoms with E-state index in [0.29, 0.717) is 0 Å². The summed E-state index contributed by atoms with van der Waals surface area (Å²) >= 11 is 5.07. The number of nitrogens with zero attached hydrogens (tertiary/aromatic N) is 1. The van der Waals surface area contributed by atoms with E-state index in [1.807, 2.05) is 0 Å². The molecule has 10 heavy (non-hydrogen) atoms. The van der Waals surface area contributed by atoms with Gasteiger partial charge in [0, 0.05) is 12.2 Å². The Hall–Kier alpha value is 0.1000. The maximum Gasteiger partial charge on any atom is 0.303 e. The maximum absolute atomic E-state index is 12.1. The molecule has 0 amide bonds. The first kappa shape index (κ1) is 10.1. The van der Waals surface area contributed by atoms with Crippen molar-refractivity contribution in [1.29, 1.82) is 0 Å². The molecule has 0 bridgehead atoms. The first-order valence-electron chi connectivity index (χ1n) is 2.50. The summed E-state index contributed by atoms with van der Waals surface area (Å²) in [6, 6.07) is 0. The zero-order valence-electron chi connectivity index (χ0n) is 4.97. The Kier molecular flexibility index (Phi) is 4.89. The van der Waals surface area contributed by atoms with E-state index >= 15 is 0 Å². The summed E-state index contributed by atoms with van der Waals surface area (Å²) in [6.45, 7) is 0. The molecule has 4 heteroatoms. The summed E-state index contributed by atoms with van der Waals surface area (Å²) in [5.41, 5.74) is -1.22. The molecule has 0 N–H and O–H groups in total. The second-order valence-electron chi connectivity index (χ2n) is 1.56. The maximum atomic E-state index is 12.1. The number of rotatable bonds is 1. The molecular formula is C6H5ClFIN. The van der Waals surface area contributed by atoms with Crippen molar-refractivity contribution < 1.29 is 28.4 Å². The van der Waals surface area contributed by atoms with Crippen LogP contribution < -0.4 is 29.0 Å². The van der Waals surface area contributed by atoms with Gasteiger partial charge in [-0.2, -0.15) is 0 Å². The van der Waals surface area contributed by atoms with Gasteiger partial charge in [-0.1, -0.05) is 11.6 Å². The Labute approximate surface area is 80.7 Å². The van der Waals surface area contributed by atoms with Crippen molar-refractivity contribution in [2.24, 2.45) is 0 Å². The molecule has 0 fully saturated rings. The van der Waals surface area contributed by atoms with Gasteiger partial charge in [-0.25, -0.2) is 4.39 Å². The number of hydrogen-bond donors (Lipinski definition) is 0. The van der Waals surface area contributed by atoms with Crippen molar-refractivity contribution in [3.63, 3.8) is 0 Å². The fourth-order valence-corrected chi connectivity index (χ4v) is 0.634. The Bertz CT molecular complexity index is 186. The fraction of sp³-hybridized carbons (Fsp3) is 0.167. The van der Waals surface area contributed by atoms with E-state index in [0.717, 1.165) is 0 Å². The summed E-state index contributed by atoms with van der Waals surface area (Å²) in [5, 5.41) is 0. The van der Waals surface area contributed by atoms with Crippen LogP contribution in [0.15, 0.2) is 23.9 Å². The lowest BCUT2D eigenvalue weighted by atomic mass is 10.3. The largest absolute Gasteiger partial charge is 1.00 e.